The number of hydrogen-bond donors (Lipinski definition) is 2. The first-order valence-electron chi connectivity index (χ1n) is 6.29. The third kappa shape index (κ3) is 2.15. The van der Waals surface area contributed by atoms with Crippen LogP contribution < -0.4 is 11.3 Å². The summed E-state index contributed by atoms with van der Waals surface area (Å²) >= 11 is 0. The molecule has 0 spiro atoms. The van der Waals surface area contributed by atoms with Crippen LogP contribution in [0.25, 0.3) is 10.9 Å². The molecule has 3 rings (SSSR count). The van der Waals surface area contributed by atoms with E-state index in [1.165, 1.54) is 0 Å². The van der Waals surface area contributed by atoms with Crippen molar-refractivity contribution in [1.82, 2.24) is 15.2 Å². The number of nitrogens with zero attached hydrogens (tertiary/aromatic N) is 2. The SMILES string of the molecule is NNC(=O)c1ccccc1Cn1ncc2ccccc21. The summed E-state index contributed by atoms with van der Waals surface area (Å²) in [5.74, 6) is 4.92. The fourth-order valence-electron chi connectivity index (χ4n) is 2.27. The Kier molecular flexibility index (Phi) is 3.18. The van der Waals surface area contributed by atoms with Crippen molar-refractivity contribution in [3.63, 3.8) is 0 Å². The Bertz CT molecular complexity index is 763. The minimum absolute atomic E-state index is 0.294. The van der Waals surface area contributed by atoms with E-state index in [1.807, 2.05) is 53.3 Å². The number of para-hydroxylation sites is 1. The van der Waals surface area contributed by atoms with Crippen molar-refractivity contribution in [3.05, 3.63) is 65.9 Å². The molecule has 100 valence electrons. The van der Waals surface area contributed by atoms with Gasteiger partial charge in [-0.25, -0.2) is 5.84 Å². The van der Waals surface area contributed by atoms with Gasteiger partial charge in [-0.1, -0.05) is 36.4 Å². The van der Waals surface area contributed by atoms with Gasteiger partial charge in [0, 0.05) is 10.9 Å². The van der Waals surface area contributed by atoms with Crippen LogP contribution in [0.15, 0.2) is 54.7 Å². The molecule has 0 aliphatic rings. The zero-order chi connectivity index (χ0) is 13.9. The zero-order valence-electron chi connectivity index (χ0n) is 10.8. The molecule has 2 aromatic carbocycles. The maximum Gasteiger partial charge on any atom is 0.265 e. The van der Waals surface area contributed by atoms with Crippen LogP contribution >= 0.6 is 0 Å². The van der Waals surface area contributed by atoms with E-state index < -0.39 is 0 Å². The number of hydrogen-bond acceptors (Lipinski definition) is 3. The van der Waals surface area contributed by atoms with Crippen molar-refractivity contribution in [3.8, 4) is 0 Å². The molecule has 0 unspecified atom stereocenters. The second-order valence-corrected chi connectivity index (χ2v) is 4.49. The molecule has 1 heterocycles. The van der Waals surface area contributed by atoms with Crippen LogP contribution in [0.3, 0.4) is 0 Å². The lowest BCUT2D eigenvalue weighted by atomic mass is 10.1. The van der Waals surface area contributed by atoms with Crippen molar-refractivity contribution < 1.29 is 4.79 Å². The molecule has 0 aliphatic carbocycles. The highest BCUT2D eigenvalue weighted by atomic mass is 16.2. The molecule has 20 heavy (non-hydrogen) atoms. The summed E-state index contributed by atoms with van der Waals surface area (Å²) < 4.78 is 1.87. The first kappa shape index (κ1) is 12.4. The Morgan fingerprint density at radius 2 is 1.90 bits per heavy atom. The monoisotopic (exact) mass is 266 g/mol. The number of fused-ring (bicyclic) bond motifs is 1. The highest BCUT2D eigenvalue weighted by Crippen LogP contribution is 2.16. The number of nitrogens with one attached hydrogen (secondary N) is 1. The van der Waals surface area contributed by atoms with Gasteiger partial charge >= 0.3 is 0 Å². The second-order valence-electron chi connectivity index (χ2n) is 4.49. The van der Waals surface area contributed by atoms with Crippen LogP contribution in [-0.2, 0) is 6.54 Å². The van der Waals surface area contributed by atoms with Gasteiger partial charge in [-0.3, -0.25) is 14.9 Å². The Hall–Kier alpha value is -2.66. The van der Waals surface area contributed by atoms with Crippen LogP contribution in [0.5, 0.6) is 0 Å². The Morgan fingerprint density at radius 3 is 2.75 bits per heavy atom. The third-order valence-electron chi connectivity index (χ3n) is 3.26. The minimum Gasteiger partial charge on any atom is -0.290 e. The van der Waals surface area contributed by atoms with E-state index in [0.29, 0.717) is 12.1 Å². The first-order valence-corrected chi connectivity index (χ1v) is 6.29. The number of aromatic nitrogens is 2. The van der Waals surface area contributed by atoms with Gasteiger partial charge < -0.3 is 0 Å². The van der Waals surface area contributed by atoms with Crippen molar-refractivity contribution >= 4 is 16.8 Å². The van der Waals surface area contributed by atoms with Crippen molar-refractivity contribution in [2.75, 3.05) is 0 Å². The molecule has 3 aromatic rings. The minimum atomic E-state index is -0.294. The molecule has 3 N–H and O–H groups in total. The number of carbonyl (C=O) groups is 1. The van der Waals surface area contributed by atoms with Crippen LogP contribution in [-0.4, -0.2) is 15.7 Å². The fourth-order valence-corrected chi connectivity index (χ4v) is 2.27. The molecule has 0 bridgehead atoms. The van der Waals surface area contributed by atoms with E-state index in [1.54, 1.807) is 6.07 Å². The Morgan fingerprint density at radius 1 is 1.15 bits per heavy atom. The van der Waals surface area contributed by atoms with Gasteiger partial charge in [0.2, 0.25) is 0 Å². The molecular formula is C15H14N4O. The summed E-state index contributed by atoms with van der Waals surface area (Å²) in [4.78, 5) is 11.8. The zero-order valence-corrected chi connectivity index (χ0v) is 10.8. The predicted molar refractivity (Wildman–Crippen MR) is 76.9 cm³/mol. The topological polar surface area (TPSA) is 72.9 Å². The van der Waals surface area contributed by atoms with Gasteiger partial charge in [0.05, 0.1) is 18.3 Å². The number of carbonyl (C=O) groups excluding carboxylic acids is 1. The highest BCUT2D eigenvalue weighted by molar-refractivity contribution is 5.95. The lowest BCUT2D eigenvalue weighted by Crippen LogP contribution is -2.31. The molecular weight excluding hydrogens is 252 g/mol. The van der Waals surface area contributed by atoms with Crippen molar-refractivity contribution in [2.45, 2.75) is 6.54 Å². The molecule has 0 atom stereocenters. The number of benzene rings is 2. The van der Waals surface area contributed by atoms with Crippen molar-refractivity contribution in [2.24, 2.45) is 5.84 Å². The smallest absolute Gasteiger partial charge is 0.265 e. The first-order chi connectivity index (χ1) is 9.79. The lowest BCUT2D eigenvalue weighted by Gasteiger charge is -2.09. The average molecular weight is 266 g/mol. The number of nitrogen functional groups attached to an aromatic ring is 1. The Labute approximate surface area is 116 Å². The van der Waals surface area contributed by atoms with E-state index in [0.717, 1.165) is 16.5 Å². The highest BCUT2D eigenvalue weighted by Gasteiger charge is 2.11. The summed E-state index contributed by atoms with van der Waals surface area (Å²) in [6.45, 7) is 0.525. The molecule has 0 saturated heterocycles. The maximum absolute atomic E-state index is 11.8. The van der Waals surface area contributed by atoms with E-state index in [9.17, 15) is 4.79 Å². The standard InChI is InChI=1S/C15H14N4O/c16-18-15(20)13-7-3-1-6-12(13)10-19-14-8-4-2-5-11(14)9-17-19/h1-9H,10,16H2,(H,18,20). The number of hydrazine groups is 1. The van der Waals surface area contributed by atoms with Crippen LogP contribution in [0.2, 0.25) is 0 Å². The van der Waals surface area contributed by atoms with Gasteiger partial charge in [0.1, 0.15) is 0 Å². The largest absolute Gasteiger partial charge is 0.290 e. The molecule has 0 saturated carbocycles. The fraction of sp³-hybridized carbons (Fsp3) is 0.0667. The van der Waals surface area contributed by atoms with Gasteiger partial charge in [-0.05, 0) is 17.7 Å². The van der Waals surface area contributed by atoms with E-state index in [2.05, 4.69) is 10.5 Å². The molecule has 5 nitrogen and oxygen atoms in total. The van der Waals surface area contributed by atoms with E-state index in [-0.39, 0.29) is 5.91 Å². The third-order valence-corrected chi connectivity index (χ3v) is 3.26. The number of amides is 1. The van der Waals surface area contributed by atoms with Crippen LogP contribution in [0, 0.1) is 0 Å². The van der Waals surface area contributed by atoms with E-state index in [4.69, 9.17) is 5.84 Å². The summed E-state index contributed by atoms with van der Waals surface area (Å²) in [6, 6.07) is 15.3. The summed E-state index contributed by atoms with van der Waals surface area (Å²) in [5.41, 5.74) is 4.65. The molecule has 0 fully saturated rings. The summed E-state index contributed by atoms with van der Waals surface area (Å²) in [7, 11) is 0. The second kappa shape index (κ2) is 5.14. The lowest BCUT2D eigenvalue weighted by molar-refractivity contribution is 0.0952. The average Bonchev–Trinajstić information content (AvgIpc) is 2.90. The quantitative estimate of drug-likeness (QED) is 0.430. The van der Waals surface area contributed by atoms with Gasteiger partial charge in [-0.15, -0.1) is 0 Å². The van der Waals surface area contributed by atoms with Crippen LogP contribution in [0.1, 0.15) is 15.9 Å². The summed E-state index contributed by atoms with van der Waals surface area (Å²) in [6.07, 6.45) is 1.82. The number of rotatable bonds is 3. The van der Waals surface area contributed by atoms with Gasteiger partial charge in [-0.2, -0.15) is 5.10 Å². The molecule has 1 amide bonds. The van der Waals surface area contributed by atoms with Crippen LogP contribution in [0.4, 0.5) is 0 Å². The number of nitrogens with two attached hydrogens (primary N) is 1. The molecule has 0 radical (unpaired) electrons. The van der Waals surface area contributed by atoms with E-state index >= 15 is 0 Å². The molecule has 1 aromatic heterocycles. The van der Waals surface area contributed by atoms with Gasteiger partial charge in [0.15, 0.2) is 0 Å². The normalized spacial score (nSPS) is 10.7. The maximum atomic E-state index is 11.8. The molecule has 0 aliphatic heterocycles. The van der Waals surface area contributed by atoms with Gasteiger partial charge in [0.25, 0.3) is 5.91 Å². The van der Waals surface area contributed by atoms with Crippen molar-refractivity contribution in [1.29, 1.82) is 0 Å². The summed E-state index contributed by atoms with van der Waals surface area (Å²) in [5, 5.41) is 5.45. The Balaban J connectivity index is 2.01. The predicted octanol–water partition coefficient (Wildman–Crippen LogP) is 1.69. The molecule has 5 heteroatoms.